The van der Waals surface area contributed by atoms with Crippen LogP contribution in [-0.2, 0) is 4.79 Å². The van der Waals surface area contributed by atoms with Crippen LogP contribution in [0.5, 0.6) is 0 Å². The highest BCUT2D eigenvalue weighted by atomic mass is 16.2. The molecule has 2 heterocycles. The molecular formula is C11H18N4O2. The number of amides is 3. The summed E-state index contributed by atoms with van der Waals surface area (Å²) in [5.41, 5.74) is 0. The van der Waals surface area contributed by atoms with Gasteiger partial charge in [0.25, 0.3) is 0 Å². The van der Waals surface area contributed by atoms with Gasteiger partial charge in [0.15, 0.2) is 0 Å². The Balaban J connectivity index is 1.82. The normalized spacial score (nSPS) is 23.3. The molecule has 0 bridgehead atoms. The average Bonchev–Trinajstić information content (AvgIpc) is 2.71. The summed E-state index contributed by atoms with van der Waals surface area (Å²) < 4.78 is 0. The Bertz CT molecular complexity index is 331. The quantitative estimate of drug-likeness (QED) is 0.487. The van der Waals surface area contributed by atoms with E-state index in [1.165, 1.54) is 0 Å². The van der Waals surface area contributed by atoms with E-state index in [-0.39, 0.29) is 18.0 Å². The van der Waals surface area contributed by atoms with E-state index >= 15 is 0 Å². The van der Waals surface area contributed by atoms with Gasteiger partial charge in [0, 0.05) is 32.7 Å². The summed E-state index contributed by atoms with van der Waals surface area (Å²) in [7, 11) is 0. The van der Waals surface area contributed by atoms with Crippen molar-refractivity contribution < 1.29 is 9.59 Å². The zero-order valence-corrected chi connectivity index (χ0v) is 9.82. The van der Waals surface area contributed by atoms with Gasteiger partial charge in [-0.15, -0.1) is 6.58 Å². The van der Waals surface area contributed by atoms with E-state index in [0.717, 1.165) is 0 Å². The Hall–Kier alpha value is -1.56. The molecule has 0 aromatic rings. The molecule has 2 N–H and O–H groups in total. The van der Waals surface area contributed by atoms with Crippen molar-refractivity contribution in [3.05, 3.63) is 12.7 Å². The van der Waals surface area contributed by atoms with Crippen LogP contribution in [0, 0.1) is 0 Å². The Morgan fingerprint density at radius 2 is 2.41 bits per heavy atom. The van der Waals surface area contributed by atoms with Crippen molar-refractivity contribution in [2.24, 2.45) is 0 Å². The minimum atomic E-state index is -0.00752. The number of rotatable bonds is 4. The third kappa shape index (κ3) is 2.58. The Morgan fingerprint density at radius 3 is 3.18 bits per heavy atom. The van der Waals surface area contributed by atoms with Gasteiger partial charge in [-0.25, -0.2) is 4.79 Å². The van der Waals surface area contributed by atoms with Crippen molar-refractivity contribution in [2.45, 2.75) is 6.04 Å². The van der Waals surface area contributed by atoms with E-state index < -0.39 is 0 Å². The van der Waals surface area contributed by atoms with Crippen LogP contribution in [0.2, 0.25) is 0 Å². The molecule has 6 nitrogen and oxygen atoms in total. The lowest BCUT2D eigenvalue weighted by molar-refractivity contribution is -0.132. The Morgan fingerprint density at radius 1 is 1.59 bits per heavy atom. The maximum absolute atomic E-state index is 11.8. The molecular weight excluding hydrogens is 220 g/mol. The molecule has 2 aliphatic heterocycles. The molecule has 2 saturated heterocycles. The van der Waals surface area contributed by atoms with Crippen molar-refractivity contribution in [1.29, 1.82) is 0 Å². The van der Waals surface area contributed by atoms with Gasteiger partial charge in [-0.05, 0) is 0 Å². The largest absolute Gasteiger partial charge is 0.338 e. The van der Waals surface area contributed by atoms with Crippen LogP contribution < -0.4 is 10.6 Å². The summed E-state index contributed by atoms with van der Waals surface area (Å²) in [5, 5.41) is 5.79. The second-order valence-corrected chi connectivity index (χ2v) is 4.29. The summed E-state index contributed by atoms with van der Waals surface area (Å²) in [6.45, 7) is 7.08. The van der Waals surface area contributed by atoms with E-state index in [0.29, 0.717) is 39.3 Å². The fraction of sp³-hybridized carbons (Fsp3) is 0.636. The number of carbonyl (C=O) groups excluding carboxylic acids is 2. The molecule has 3 amide bonds. The first-order chi connectivity index (χ1) is 8.22. The smallest absolute Gasteiger partial charge is 0.317 e. The van der Waals surface area contributed by atoms with Gasteiger partial charge in [0.05, 0.1) is 12.6 Å². The van der Waals surface area contributed by atoms with Crippen LogP contribution in [0.3, 0.4) is 0 Å². The zero-order chi connectivity index (χ0) is 12.3. The number of carbonyl (C=O) groups is 2. The number of hydrogen-bond donors (Lipinski definition) is 2. The van der Waals surface area contributed by atoms with Crippen LogP contribution in [0.25, 0.3) is 0 Å². The third-order valence-electron chi connectivity index (χ3n) is 3.15. The number of hydrogen-bond acceptors (Lipinski definition) is 3. The molecule has 17 heavy (non-hydrogen) atoms. The number of piperazine rings is 1. The van der Waals surface area contributed by atoms with Crippen LogP contribution in [0.1, 0.15) is 0 Å². The van der Waals surface area contributed by atoms with Crippen molar-refractivity contribution in [3.63, 3.8) is 0 Å². The van der Waals surface area contributed by atoms with Crippen molar-refractivity contribution >= 4 is 11.9 Å². The first-order valence-corrected chi connectivity index (χ1v) is 5.86. The highest BCUT2D eigenvalue weighted by Crippen LogP contribution is 2.13. The fourth-order valence-corrected chi connectivity index (χ4v) is 2.22. The summed E-state index contributed by atoms with van der Waals surface area (Å²) >= 11 is 0. The van der Waals surface area contributed by atoms with Gasteiger partial charge >= 0.3 is 6.03 Å². The van der Waals surface area contributed by atoms with Crippen molar-refractivity contribution in [1.82, 2.24) is 20.4 Å². The Kier molecular flexibility index (Phi) is 3.63. The molecule has 2 aliphatic rings. The van der Waals surface area contributed by atoms with E-state index in [1.807, 2.05) is 4.90 Å². The fourth-order valence-electron chi connectivity index (χ4n) is 2.22. The molecule has 0 radical (unpaired) electrons. The molecule has 94 valence electrons. The van der Waals surface area contributed by atoms with Crippen LogP contribution in [-0.4, -0.2) is 67.0 Å². The molecule has 0 aliphatic carbocycles. The molecule has 1 atom stereocenters. The molecule has 0 spiro atoms. The molecule has 0 aromatic heterocycles. The predicted octanol–water partition coefficient (Wildman–Crippen LogP) is -1.00. The lowest BCUT2D eigenvalue weighted by Gasteiger charge is -2.36. The second kappa shape index (κ2) is 5.18. The monoisotopic (exact) mass is 238 g/mol. The predicted molar refractivity (Wildman–Crippen MR) is 63.5 cm³/mol. The standard InChI is InChI=1S/C11H18N4O2/c1-2-3-12-7-10(16)14-4-5-15-9(8-14)6-13-11(15)17/h2,9,12H,1,3-8H2,(H,13,17). The average molecular weight is 238 g/mol. The number of nitrogens with one attached hydrogen (secondary N) is 2. The molecule has 0 saturated carbocycles. The summed E-state index contributed by atoms with van der Waals surface area (Å²) in [4.78, 5) is 26.9. The molecule has 2 fully saturated rings. The van der Waals surface area contributed by atoms with Gasteiger partial charge < -0.3 is 20.4 Å². The minimum absolute atomic E-state index is 0.00752. The third-order valence-corrected chi connectivity index (χ3v) is 3.15. The topological polar surface area (TPSA) is 64.7 Å². The minimum Gasteiger partial charge on any atom is -0.338 e. The first-order valence-electron chi connectivity index (χ1n) is 5.86. The SMILES string of the molecule is C=CCNCC(=O)N1CCN2C(=O)NCC2C1. The Labute approximate surface area is 101 Å². The highest BCUT2D eigenvalue weighted by molar-refractivity contribution is 5.80. The van der Waals surface area contributed by atoms with Gasteiger partial charge in [-0.1, -0.05) is 6.08 Å². The summed E-state index contributed by atoms with van der Waals surface area (Å²) in [5.74, 6) is 0.0887. The van der Waals surface area contributed by atoms with E-state index in [9.17, 15) is 9.59 Å². The van der Waals surface area contributed by atoms with E-state index in [2.05, 4.69) is 17.2 Å². The highest BCUT2D eigenvalue weighted by Gasteiger charge is 2.36. The first kappa shape index (κ1) is 11.9. The van der Waals surface area contributed by atoms with E-state index in [4.69, 9.17) is 0 Å². The maximum atomic E-state index is 11.8. The summed E-state index contributed by atoms with van der Waals surface area (Å²) in [6, 6.07) is 0.131. The number of fused-ring (bicyclic) bond motifs is 1. The second-order valence-electron chi connectivity index (χ2n) is 4.29. The van der Waals surface area contributed by atoms with Crippen LogP contribution in [0.15, 0.2) is 12.7 Å². The summed E-state index contributed by atoms with van der Waals surface area (Å²) in [6.07, 6.45) is 1.73. The van der Waals surface area contributed by atoms with Crippen LogP contribution >= 0.6 is 0 Å². The van der Waals surface area contributed by atoms with E-state index in [1.54, 1.807) is 11.0 Å². The molecule has 0 aromatic carbocycles. The molecule has 2 rings (SSSR count). The van der Waals surface area contributed by atoms with Gasteiger partial charge in [-0.3, -0.25) is 4.79 Å². The van der Waals surface area contributed by atoms with Gasteiger partial charge in [-0.2, -0.15) is 0 Å². The number of nitrogens with zero attached hydrogens (tertiary/aromatic N) is 2. The lowest BCUT2D eigenvalue weighted by Crippen LogP contribution is -2.55. The zero-order valence-electron chi connectivity index (χ0n) is 9.82. The van der Waals surface area contributed by atoms with Crippen LogP contribution in [0.4, 0.5) is 4.79 Å². The van der Waals surface area contributed by atoms with Gasteiger partial charge in [0.2, 0.25) is 5.91 Å². The maximum Gasteiger partial charge on any atom is 0.317 e. The van der Waals surface area contributed by atoms with Crippen molar-refractivity contribution in [2.75, 3.05) is 39.3 Å². The molecule has 1 unspecified atom stereocenters. The number of urea groups is 1. The van der Waals surface area contributed by atoms with Gasteiger partial charge in [0.1, 0.15) is 0 Å². The van der Waals surface area contributed by atoms with Crippen molar-refractivity contribution in [3.8, 4) is 0 Å². The lowest BCUT2D eigenvalue weighted by atomic mass is 10.2. The molecule has 6 heteroatoms.